The monoisotopic (exact) mass is 266 g/mol. The first-order valence-electron chi connectivity index (χ1n) is 7.16. The first kappa shape index (κ1) is 12.1. The molecule has 20 heavy (non-hydrogen) atoms. The van der Waals surface area contributed by atoms with Gasteiger partial charge in [0.1, 0.15) is 0 Å². The van der Waals surface area contributed by atoms with Crippen LogP contribution in [0, 0.1) is 13.8 Å². The Morgan fingerprint density at radius 3 is 1.50 bits per heavy atom. The van der Waals surface area contributed by atoms with E-state index in [4.69, 9.17) is 0 Å². The highest BCUT2D eigenvalue weighted by molar-refractivity contribution is 5.61. The third-order valence-corrected chi connectivity index (χ3v) is 5.04. The minimum absolute atomic E-state index is 0.0962. The van der Waals surface area contributed by atoms with Gasteiger partial charge in [-0.2, -0.15) is 0 Å². The lowest BCUT2D eigenvalue weighted by Gasteiger charge is -2.48. The molecule has 2 bridgehead atoms. The number of benzene rings is 2. The predicted octanol–water partition coefficient (Wildman–Crippen LogP) is 2.62. The Balaban J connectivity index is 2.11. The lowest BCUT2D eigenvalue weighted by atomic mass is 9.59. The van der Waals surface area contributed by atoms with E-state index in [9.17, 15) is 10.2 Å². The molecule has 0 heterocycles. The van der Waals surface area contributed by atoms with Crippen LogP contribution in [0.1, 0.15) is 45.2 Å². The van der Waals surface area contributed by atoms with Gasteiger partial charge in [-0.1, -0.05) is 36.4 Å². The van der Waals surface area contributed by atoms with E-state index in [1.54, 1.807) is 0 Å². The van der Waals surface area contributed by atoms with Crippen molar-refractivity contribution in [1.29, 1.82) is 0 Å². The molecule has 0 aromatic heterocycles. The van der Waals surface area contributed by atoms with E-state index >= 15 is 0 Å². The van der Waals surface area contributed by atoms with Crippen LogP contribution in [0.4, 0.5) is 0 Å². The van der Waals surface area contributed by atoms with E-state index in [1.165, 1.54) is 33.4 Å². The maximum atomic E-state index is 10.5. The lowest BCUT2D eigenvalue weighted by Crippen LogP contribution is -2.47. The van der Waals surface area contributed by atoms with Crippen LogP contribution < -0.4 is 0 Å². The standard InChI is InChI=1S/C18H18O2/c1-9-7-8-10(2)14-13(9)15-11-5-3-4-6-12(11)16(14)18(20)17(15)19/h3-8,15-20H,1-2H3/t15-,16-,17-,18-/m1/s1. The zero-order valence-corrected chi connectivity index (χ0v) is 11.7. The average Bonchev–Trinajstić information content (AvgIpc) is 2.46. The molecular formula is C18H18O2. The fourth-order valence-corrected chi connectivity index (χ4v) is 4.17. The Bertz CT molecular complexity index is 645. The van der Waals surface area contributed by atoms with Crippen molar-refractivity contribution in [2.75, 3.05) is 0 Å². The minimum atomic E-state index is -0.706. The zero-order valence-electron chi connectivity index (χ0n) is 11.7. The van der Waals surface area contributed by atoms with Crippen molar-refractivity contribution in [2.24, 2.45) is 0 Å². The normalized spacial score (nSPS) is 30.0. The van der Waals surface area contributed by atoms with Gasteiger partial charge in [0.2, 0.25) is 0 Å². The molecule has 3 aliphatic carbocycles. The summed E-state index contributed by atoms with van der Waals surface area (Å²) in [7, 11) is 0. The van der Waals surface area contributed by atoms with Crippen LogP contribution in [0.25, 0.3) is 0 Å². The molecule has 4 atom stereocenters. The Hall–Kier alpha value is -1.64. The van der Waals surface area contributed by atoms with Crippen molar-refractivity contribution in [2.45, 2.75) is 37.9 Å². The summed E-state index contributed by atoms with van der Waals surface area (Å²) in [6, 6.07) is 12.5. The summed E-state index contributed by atoms with van der Waals surface area (Å²) in [5, 5.41) is 21.1. The number of aryl methyl sites for hydroxylation is 2. The van der Waals surface area contributed by atoms with E-state index in [-0.39, 0.29) is 11.8 Å². The SMILES string of the molecule is Cc1ccc(C)c2c1[C@H]1c3ccccc3[C@H]2[C@@H](O)[C@@H]1O. The van der Waals surface area contributed by atoms with Crippen LogP contribution in [-0.2, 0) is 0 Å². The molecule has 0 radical (unpaired) electrons. The van der Waals surface area contributed by atoms with Crippen LogP contribution in [0.5, 0.6) is 0 Å². The Morgan fingerprint density at radius 1 is 0.700 bits per heavy atom. The van der Waals surface area contributed by atoms with E-state index in [0.717, 1.165) is 0 Å². The molecule has 2 nitrogen and oxygen atoms in total. The molecular weight excluding hydrogens is 248 g/mol. The van der Waals surface area contributed by atoms with Gasteiger partial charge < -0.3 is 10.2 Å². The molecule has 0 aliphatic heterocycles. The molecule has 2 aromatic carbocycles. The summed E-state index contributed by atoms with van der Waals surface area (Å²) in [5.41, 5.74) is 7.23. The summed E-state index contributed by atoms with van der Waals surface area (Å²) in [6.07, 6.45) is -1.41. The Labute approximate surface area is 118 Å². The molecule has 0 fully saturated rings. The molecule has 5 rings (SSSR count). The van der Waals surface area contributed by atoms with Gasteiger partial charge >= 0.3 is 0 Å². The maximum absolute atomic E-state index is 10.5. The highest BCUT2D eigenvalue weighted by Crippen LogP contribution is 2.54. The topological polar surface area (TPSA) is 40.5 Å². The molecule has 0 saturated carbocycles. The number of hydrogen-bond donors (Lipinski definition) is 2. The fraction of sp³-hybridized carbons (Fsp3) is 0.333. The van der Waals surface area contributed by atoms with Crippen LogP contribution in [0.2, 0.25) is 0 Å². The molecule has 3 aliphatic rings. The van der Waals surface area contributed by atoms with Gasteiger partial charge in [0.05, 0.1) is 12.2 Å². The quantitative estimate of drug-likeness (QED) is 0.769. The van der Waals surface area contributed by atoms with Crippen molar-refractivity contribution in [3.05, 3.63) is 69.8 Å². The van der Waals surface area contributed by atoms with Gasteiger partial charge in [-0.05, 0) is 47.2 Å². The highest BCUT2D eigenvalue weighted by atomic mass is 16.3. The first-order chi connectivity index (χ1) is 9.61. The number of aliphatic hydroxyl groups excluding tert-OH is 2. The van der Waals surface area contributed by atoms with Crippen molar-refractivity contribution in [3.63, 3.8) is 0 Å². The molecule has 0 amide bonds. The number of fused-ring (bicyclic) bond motifs is 1. The second kappa shape index (κ2) is 3.94. The van der Waals surface area contributed by atoms with Crippen LogP contribution in [-0.4, -0.2) is 22.4 Å². The van der Waals surface area contributed by atoms with Gasteiger partial charge in [-0.15, -0.1) is 0 Å². The van der Waals surface area contributed by atoms with Gasteiger partial charge in [0.15, 0.2) is 0 Å². The summed E-state index contributed by atoms with van der Waals surface area (Å²) in [5.74, 6) is -0.192. The largest absolute Gasteiger partial charge is 0.389 e. The second-order valence-electron chi connectivity index (χ2n) is 6.09. The van der Waals surface area contributed by atoms with E-state index in [1.807, 2.05) is 12.1 Å². The number of rotatable bonds is 0. The van der Waals surface area contributed by atoms with Crippen LogP contribution in [0.15, 0.2) is 36.4 Å². The highest BCUT2D eigenvalue weighted by Gasteiger charge is 2.49. The lowest BCUT2D eigenvalue weighted by molar-refractivity contribution is -0.0157. The average molecular weight is 266 g/mol. The third-order valence-electron chi connectivity index (χ3n) is 5.04. The molecule has 102 valence electrons. The molecule has 2 N–H and O–H groups in total. The minimum Gasteiger partial charge on any atom is -0.389 e. The summed E-state index contributed by atoms with van der Waals surface area (Å²) >= 11 is 0. The van der Waals surface area contributed by atoms with Crippen molar-refractivity contribution < 1.29 is 10.2 Å². The smallest absolute Gasteiger partial charge is 0.0917 e. The van der Waals surface area contributed by atoms with E-state index in [0.29, 0.717) is 0 Å². The Kier molecular flexibility index (Phi) is 2.39. The van der Waals surface area contributed by atoms with Gasteiger partial charge in [-0.3, -0.25) is 0 Å². The van der Waals surface area contributed by atoms with Gasteiger partial charge in [0, 0.05) is 11.8 Å². The summed E-state index contributed by atoms with van der Waals surface area (Å²) < 4.78 is 0. The number of hydrogen-bond acceptors (Lipinski definition) is 2. The first-order valence-corrected chi connectivity index (χ1v) is 7.16. The molecule has 0 spiro atoms. The van der Waals surface area contributed by atoms with Gasteiger partial charge in [-0.25, -0.2) is 0 Å². The maximum Gasteiger partial charge on any atom is 0.0917 e. The molecule has 2 heteroatoms. The molecule has 2 aromatic rings. The molecule has 0 unspecified atom stereocenters. The predicted molar refractivity (Wildman–Crippen MR) is 78.1 cm³/mol. The second-order valence-corrected chi connectivity index (χ2v) is 6.09. The van der Waals surface area contributed by atoms with Crippen molar-refractivity contribution in [1.82, 2.24) is 0 Å². The fourth-order valence-electron chi connectivity index (χ4n) is 4.17. The van der Waals surface area contributed by atoms with Crippen LogP contribution in [0.3, 0.4) is 0 Å². The Morgan fingerprint density at radius 2 is 1.10 bits per heavy atom. The third kappa shape index (κ3) is 1.31. The van der Waals surface area contributed by atoms with Crippen molar-refractivity contribution >= 4 is 0 Å². The number of aliphatic hydroxyl groups is 2. The van der Waals surface area contributed by atoms with Crippen molar-refractivity contribution in [3.8, 4) is 0 Å². The van der Waals surface area contributed by atoms with E-state index < -0.39 is 12.2 Å². The molecule has 0 saturated heterocycles. The van der Waals surface area contributed by atoms with E-state index in [2.05, 4.69) is 38.1 Å². The van der Waals surface area contributed by atoms with Gasteiger partial charge in [0.25, 0.3) is 0 Å². The zero-order chi connectivity index (χ0) is 14.0. The summed E-state index contributed by atoms with van der Waals surface area (Å²) in [6.45, 7) is 4.20. The van der Waals surface area contributed by atoms with Crippen LogP contribution >= 0.6 is 0 Å². The summed E-state index contributed by atoms with van der Waals surface area (Å²) in [4.78, 5) is 0.